The summed E-state index contributed by atoms with van der Waals surface area (Å²) in [5.74, 6) is -1.45. The molecule has 1 amide bonds. The number of aliphatic hydroxyl groups excluding tert-OH is 1. The molecule has 37 heavy (non-hydrogen) atoms. The molecule has 2 heterocycles. The largest absolute Gasteiger partial charge is 0.507 e. The number of ether oxygens (including phenoxy) is 1. The van der Waals surface area contributed by atoms with Gasteiger partial charge in [0.15, 0.2) is 0 Å². The highest BCUT2D eigenvalue weighted by Gasteiger charge is 2.47. The Morgan fingerprint density at radius 3 is 2.35 bits per heavy atom. The van der Waals surface area contributed by atoms with Crippen LogP contribution >= 0.6 is 0 Å². The smallest absolute Gasteiger partial charge is 0.300 e. The van der Waals surface area contributed by atoms with E-state index in [4.69, 9.17) is 9.88 Å². The van der Waals surface area contributed by atoms with Gasteiger partial charge in [0.1, 0.15) is 11.5 Å². The molecule has 1 fully saturated rings. The van der Waals surface area contributed by atoms with Crippen molar-refractivity contribution in [3.8, 4) is 5.75 Å². The first kappa shape index (κ1) is 26.1. The number of carbonyl (C=O) groups excluding carboxylic acids is 2. The summed E-state index contributed by atoms with van der Waals surface area (Å²) in [6, 6.07) is 14.3. The molecular weight excluding hydrogens is 494 g/mol. The second-order valence-electron chi connectivity index (χ2n) is 8.57. The van der Waals surface area contributed by atoms with Crippen molar-refractivity contribution in [2.45, 2.75) is 37.1 Å². The van der Waals surface area contributed by atoms with Crippen LogP contribution in [0.3, 0.4) is 0 Å². The maximum Gasteiger partial charge on any atom is 0.300 e. The van der Waals surface area contributed by atoms with Gasteiger partial charge < -0.3 is 9.84 Å². The number of nitrogens with two attached hydrogens (primary N) is 1. The number of unbranched alkanes of at least 4 members (excludes halogenated alkanes) is 2. The molecule has 192 valence electrons. The van der Waals surface area contributed by atoms with E-state index in [-0.39, 0.29) is 21.9 Å². The summed E-state index contributed by atoms with van der Waals surface area (Å²) in [5, 5.41) is 16.4. The topological polar surface area (TPSA) is 140 Å². The van der Waals surface area contributed by atoms with Crippen molar-refractivity contribution in [2.75, 3.05) is 11.5 Å². The van der Waals surface area contributed by atoms with Gasteiger partial charge in [0, 0.05) is 23.6 Å². The first-order valence-electron chi connectivity index (χ1n) is 11.8. The molecule has 1 unspecified atom stereocenters. The molecule has 10 heteroatoms. The van der Waals surface area contributed by atoms with Gasteiger partial charge in [-0.15, -0.1) is 0 Å². The minimum Gasteiger partial charge on any atom is -0.507 e. The molecule has 9 nitrogen and oxygen atoms in total. The van der Waals surface area contributed by atoms with Crippen molar-refractivity contribution in [1.82, 2.24) is 4.98 Å². The van der Waals surface area contributed by atoms with Crippen LogP contribution in [0.1, 0.15) is 43.4 Å². The van der Waals surface area contributed by atoms with Crippen LogP contribution in [-0.2, 0) is 19.6 Å². The number of anilines is 1. The van der Waals surface area contributed by atoms with Crippen LogP contribution in [0.4, 0.5) is 5.69 Å². The lowest BCUT2D eigenvalue weighted by atomic mass is 9.96. The van der Waals surface area contributed by atoms with E-state index in [0.717, 1.165) is 19.3 Å². The number of Topliss-reactive ketones (excluding diaryl/α,β-unsaturated/α-hetero) is 1. The van der Waals surface area contributed by atoms with Crippen LogP contribution < -0.4 is 14.8 Å². The maximum atomic E-state index is 13.2. The number of sulfonamides is 1. The maximum absolute atomic E-state index is 13.2. The molecule has 1 atom stereocenters. The van der Waals surface area contributed by atoms with Crippen LogP contribution in [-0.4, -0.2) is 36.8 Å². The number of nitrogens with zero attached hydrogens (tertiary/aromatic N) is 2. The Balaban J connectivity index is 1.74. The summed E-state index contributed by atoms with van der Waals surface area (Å²) >= 11 is 0. The van der Waals surface area contributed by atoms with E-state index in [0.29, 0.717) is 23.5 Å². The number of aliphatic hydroxyl groups is 1. The summed E-state index contributed by atoms with van der Waals surface area (Å²) in [7, 11) is -3.95. The average Bonchev–Trinajstić information content (AvgIpc) is 3.17. The van der Waals surface area contributed by atoms with Crippen LogP contribution in [0, 0.1) is 0 Å². The molecule has 0 spiro atoms. The van der Waals surface area contributed by atoms with Gasteiger partial charge in [-0.3, -0.25) is 19.5 Å². The standard InChI is InChI=1S/C27H27N3O6S/c1-2-3-4-16-36-21-11-7-18(8-12-21)25(31)23-24(19-6-5-15-29-17-19)30(27(33)26(23)32)20-9-13-22(14-10-20)37(28,34)35/h5-15,17,24,31H,2-4,16H2,1H3,(H2,28,34,35)/b25-23+. The third kappa shape index (κ3) is 5.55. The van der Waals surface area contributed by atoms with Gasteiger partial charge in [-0.2, -0.15) is 0 Å². The molecule has 1 aromatic heterocycles. The van der Waals surface area contributed by atoms with Crippen molar-refractivity contribution < 1.29 is 27.9 Å². The Labute approximate surface area is 215 Å². The summed E-state index contributed by atoms with van der Waals surface area (Å²) in [6.45, 7) is 2.69. The number of carbonyl (C=O) groups is 2. The lowest BCUT2D eigenvalue weighted by Crippen LogP contribution is -2.29. The number of benzene rings is 2. The Hall–Kier alpha value is -4.02. The molecule has 3 aromatic rings. The molecule has 1 aliphatic rings. The second kappa shape index (κ2) is 10.9. The molecule has 4 rings (SSSR count). The summed E-state index contributed by atoms with van der Waals surface area (Å²) in [5.41, 5.74) is 0.996. The van der Waals surface area contributed by atoms with Crippen molar-refractivity contribution in [3.05, 3.63) is 89.8 Å². The fourth-order valence-corrected chi connectivity index (χ4v) is 4.67. The highest BCUT2D eigenvalue weighted by atomic mass is 32.2. The van der Waals surface area contributed by atoms with Gasteiger partial charge in [0.05, 0.1) is 23.1 Å². The van der Waals surface area contributed by atoms with E-state index >= 15 is 0 Å². The Kier molecular flexibility index (Phi) is 7.70. The fraction of sp³-hybridized carbons (Fsp3) is 0.222. The van der Waals surface area contributed by atoms with Crippen molar-refractivity contribution in [3.63, 3.8) is 0 Å². The predicted molar refractivity (Wildman–Crippen MR) is 138 cm³/mol. The molecule has 3 N–H and O–H groups in total. The monoisotopic (exact) mass is 521 g/mol. The molecule has 0 bridgehead atoms. The fourth-order valence-electron chi connectivity index (χ4n) is 4.15. The first-order chi connectivity index (χ1) is 17.7. The summed E-state index contributed by atoms with van der Waals surface area (Å²) in [6.07, 6.45) is 6.14. The van der Waals surface area contributed by atoms with Gasteiger partial charge in [-0.05, 0) is 66.6 Å². The van der Waals surface area contributed by atoms with Gasteiger partial charge >= 0.3 is 0 Å². The average molecular weight is 522 g/mol. The zero-order valence-electron chi connectivity index (χ0n) is 20.2. The zero-order chi connectivity index (χ0) is 26.6. The Morgan fingerprint density at radius 2 is 1.76 bits per heavy atom. The first-order valence-corrected chi connectivity index (χ1v) is 13.3. The molecule has 1 aliphatic heterocycles. The van der Waals surface area contributed by atoms with E-state index in [2.05, 4.69) is 11.9 Å². The predicted octanol–water partition coefficient (Wildman–Crippen LogP) is 3.92. The normalized spacial score (nSPS) is 17.2. The van der Waals surface area contributed by atoms with Crippen LogP contribution in [0.5, 0.6) is 5.75 Å². The van der Waals surface area contributed by atoms with E-state index in [1.54, 1.807) is 42.6 Å². The minimum absolute atomic E-state index is 0.106. The number of aromatic nitrogens is 1. The van der Waals surface area contributed by atoms with Crippen molar-refractivity contribution in [2.24, 2.45) is 5.14 Å². The molecule has 2 aromatic carbocycles. The number of ketones is 1. The van der Waals surface area contributed by atoms with Gasteiger partial charge in [0.2, 0.25) is 10.0 Å². The number of pyridine rings is 1. The summed E-state index contributed by atoms with van der Waals surface area (Å²) in [4.78, 5) is 31.6. The van der Waals surface area contributed by atoms with Crippen LogP contribution in [0.2, 0.25) is 0 Å². The van der Waals surface area contributed by atoms with Crippen molar-refractivity contribution in [1.29, 1.82) is 0 Å². The van der Waals surface area contributed by atoms with E-state index < -0.39 is 27.8 Å². The van der Waals surface area contributed by atoms with Crippen LogP contribution in [0.15, 0.2) is 83.5 Å². The van der Waals surface area contributed by atoms with Gasteiger partial charge in [-0.1, -0.05) is 25.8 Å². The number of rotatable bonds is 9. The lowest BCUT2D eigenvalue weighted by Gasteiger charge is -2.25. The minimum atomic E-state index is -3.95. The molecule has 1 saturated heterocycles. The number of primary sulfonamides is 1. The zero-order valence-corrected chi connectivity index (χ0v) is 21.0. The number of hydrogen-bond acceptors (Lipinski definition) is 7. The molecular formula is C27H27N3O6S. The lowest BCUT2D eigenvalue weighted by molar-refractivity contribution is -0.132. The third-order valence-electron chi connectivity index (χ3n) is 6.03. The Bertz CT molecular complexity index is 1420. The third-order valence-corrected chi connectivity index (χ3v) is 6.96. The summed E-state index contributed by atoms with van der Waals surface area (Å²) < 4.78 is 29.0. The number of hydrogen-bond donors (Lipinski definition) is 2. The molecule has 0 radical (unpaired) electrons. The molecule has 0 aliphatic carbocycles. The second-order valence-corrected chi connectivity index (χ2v) is 10.1. The number of amides is 1. The van der Waals surface area contributed by atoms with Gasteiger partial charge in [-0.25, -0.2) is 13.6 Å². The van der Waals surface area contributed by atoms with Crippen molar-refractivity contribution >= 4 is 33.2 Å². The highest BCUT2D eigenvalue weighted by molar-refractivity contribution is 7.89. The highest BCUT2D eigenvalue weighted by Crippen LogP contribution is 2.42. The Morgan fingerprint density at radius 1 is 1.05 bits per heavy atom. The quantitative estimate of drug-likeness (QED) is 0.188. The van der Waals surface area contributed by atoms with E-state index in [1.165, 1.54) is 35.4 Å². The van der Waals surface area contributed by atoms with E-state index in [1.807, 2.05) is 0 Å². The van der Waals surface area contributed by atoms with Crippen LogP contribution in [0.25, 0.3) is 5.76 Å². The molecule has 0 saturated carbocycles. The van der Waals surface area contributed by atoms with Gasteiger partial charge in [0.25, 0.3) is 11.7 Å². The SMILES string of the molecule is CCCCCOc1ccc(/C(O)=C2\C(=O)C(=O)N(c3ccc(S(N)(=O)=O)cc3)C2c2cccnc2)cc1. The van der Waals surface area contributed by atoms with E-state index in [9.17, 15) is 23.1 Å².